The van der Waals surface area contributed by atoms with Crippen LogP contribution < -0.4 is 0 Å². The van der Waals surface area contributed by atoms with Crippen LogP contribution in [-0.4, -0.2) is 25.3 Å². The van der Waals surface area contributed by atoms with Crippen molar-refractivity contribution in [3.63, 3.8) is 0 Å². The molecule has 4 heteroatoms. The fourth-order valence-corrected chi connectivity index (χ4v) is 3.07. The maximum atomic E-state index is 5.50. The monoisotopic (exact) mass is 302 g/mol. The molecule has 1 fully saturated rings. The smallest absolute Gasteiger partial charge is 0.158 e. The quantitative estimate of drug-likeness (QED) is 0.790. The van der Waals surface area contributed by atoms with E-state index in [4.69, 9.17) is 9.47 Å². The molecule has 0 unspecified atom stereocenters. The summed E-state index contributed by atoms with van der Waals surface area (Å²) < 4.78 is 12.2. The molecular weight excluding hydrogens is 288 g/mol. The van der Waals surface area contributed by atoms with E-state index in [-0.39, 0.29) is 6.29 Å². The summed E-state index contributed by atoms with van der Waals surface area (Å²) in [6.45, 7) is 1.68. The Bertz CT molecular complexity index is 327. The van der Waals surface area contributed by atoms with Crippen LogP contribution in [0.4, 0.5) is 0 Å². The minimum atomic E-state index is 0.00346. The largest absolute Gasteiger partial charge is 0.353 e. The molecule has 1 aliphatic heterocycles. The molecule has 2 rings (SSSR count). The van der Waals surface area contributed by atoms with Crippen LogP contribution in [0.3, 0.4) is 0 Å². The predicted octanol–water partition coefficient (Wildman–Crippen LogP) is 3.69. The lowest BCUT2D eigenvalue weighted by atomic mass is 10.4. The molecule has 0 N–H and O–H groups in total. The average Bonchev–Trinajstić information content (AvgIpc) is 2.33. The number of benzene rings is 1. The Hall–Kier alpha value is -0.0300. The van der Waals surface area contributed by atoms with Crippen LogP contribution in [0, 0.1) is 0 Å². The zero-order chi connectivity index (χ0) is 11.2. The molecule has 0 aromatic heterocycles. The molecule has 1 aromatic rings. The molecule has 0 atom stereocenters. The zero-order valence-corrected chi connectivity index (χ0v) is 11.4. The normalized spacial score (nSPS) is 17.6. The fourth-order valence-electron chi connectivity index (χ4n) is 1.53. The Labute approximate surface area is 109 Å². The van der Waals surface area contributed by atoms with Gasteiger partial charge in [0.15, 0.2) is 6.29 Å². The summed E-state index contributed by atoms with van der Waals surface area (Å²) in [5, 5.41) is 0. The summed E-state index contributed by atoms with van der Waals surface area (Å²) in [6, 6.07) is 8.27. The molecule has 0 radical (unpaired) electrons. The lowest BCUT2D eigenvalue weighted by Crippen LogP contribution is -2.25. The number of ether oxygens (including phenoxy) is 2. The van der Waals surface area contributed by atoms with Crippen molar-refractivity contribution in [2.45, 2.75) is 24.0 Å². The molecular formula is C12H15BrO2S. The highest BCUT2D eigenvalue weighted by atomic mass is 79.9. The third-order valence-electron chi connectivity index (χ3n) is 2.34. The van der Waals surface area contributed by atoms with E-state index >= 15 is 0 Å². The standard InChI is InChI=1S/C12H15BrO2S/c13-10-4-1-2-5-11(10)16-9-6-12-14-7-3-8-15-12/h1-2,4-5,12H,3,6-9H2. The summed E-state index contributed by atoms with van der Waals surface area (Å²) in [4.78, 5) is 1.28. The van der Waals surface area contributed by atoms with Gasteiger partial charge in [-0.05, 0) is 34.5 Å². The van der Waals surface area contributed by atoms with E-state index in [0.717, 1.165) is 36.3 Å². The average molecular weight is 303 g/mol. The predicted molar refractivity (Wildman–Crippen MR) is 69.8 cm³/mol. The van der Waals surface area contributed by atoms with Crippen LogP contribution in [0.25, 0.3) is 0 Å². The van der Waals surface area contributed by atoms with Crippen LogP contribution in [-0.2, 0) is 9.47 Å². The minimum Gasteiger partial charge on any atom is -0.353 e. The number of halogens is 1. The van der Waals surface area contributed by atoms with Crippen LogP contribution in [0.5, 0.6) is 0 Å². The second-order valence-corrected chi connectivity index (χ2v) is 5.58. The van der Waals surface area contributed by atoms with Crippen LogP contribution >= 0.6 is 27.7 Å². The first kappa shape index (κ1) is 12.4. The third-order valence-corrected chi connectivity index (χ3v) is 4.40. The minimum absolute atomic E-state index is 0.00346. The first-order chi connectivity index (χ1) is 7.86. The number of hydrogen-bond donors (Lipinski definition) is 0. The van der Waals surface area contributed by atoms with Gasteiger partial charge in [0.1, 0.15) is 0 Å². The van der Waals surface area contributed by atoms with E-state index in [1.807, 2.05) is 17.8 Å². The molecule has 88 valence electrons. The van der Waals surface area contributed by atoms with Crippen molar-refractivity contribution in [2.24, 2.45) is 0 Å². The van der Waals surface area contributed by atoms with E-state index < -0.39 is 0 Å². The van der Waals surface area contributed by atoms with Gasteiger partial charge in [-0.3, -0.25) is 0 Å². The highest BCUT2D eigenvalue weighted by molar-refractivity contribution is 9.10. The first-order valence-corrected chi connectivity index (χ1v) is 7.24. The zero-order valence-electron chi connectivity index (χ0n) is 9.02. The van der Waals surface area contributed by atoms with Gasteiger partial charge in [0.25, 0.3) is 0 Å². The molecule has 0 saturated carbocycles. The highest BCUT2D eigenvalue weighted by Crippen LogP contribution is 2.28. The SMILES string of the molecule is Brc1ccccc1SCCC1OCCCO1. The molecule has 2 nitrogen and oxygen atoms in total. The topological polar surface area (TPSA) is 18.5 Å². The van der Waals surface area contributed by atoms with Crippen molar-refractivity contribution >= 4 is 27.7 Å². The van der Waals surface area contributed by atoms with Crippen molar-refractivity contribution in [3.8, 4) is 0 Å². The van der Waals surface area contributed by atoms with Crippen molar-refractivity contribution < 1.29 is 9.47 Å². The van der Waals surface area contributed by atoms with E-state index in [2.05, 4.69) is 34.1 Å². The van der Waals surface area contributed by atoms with E-state index in [0.29, 0.717) is 0 Å². The second kappa shape index (κ2) is 6.64. The molecule has 0 spiro atoms. The Morgan fingerprint density at radius 2 is 2.00 bits per heavy atom. The Kier molecular flexibility index (Phi) is 5.16. The van der Waals surface area contributed by atoms with Gasteiger partial charge in [-0.25, -0.2) is 0 Å². The Morgan fingerprint density at radius 1 is 1.25 bits per heavy atom. The molecule has 1 aromatic carbocycles. The molecule has 16 heavy (non-hydrogen) atoms. The van der Waals surface area contributed by atoms with Crippen molar-refractivity contribution in [2.75, 3.05) is 19.0 Å². The highest BCUT2D eigenvalue weighted by Gasteiger charge is 2.13. The summed E-state index contributed by atoms with van der Waals surface area (Å²) in [5.74, 6) is 1.02. The van der Waals surface area contributed by atoms with Crippen LogP contribution in [0.1, 0.15) is 12.8 Å². The summed E-state index contributed by atoms with van der Waals surface area (Å²) in [6.07, 6.45) is 1.98. The van der Waals surface area contributed by atoms with Gasteiger partial charge in [-0.1, -0.05) is 12.1 Å². The Balaban J connectivity index is 1.73. The van der Waals surface area contributed by atoms with Gasteiger partial charge in [-0.2, -0.15) is 0 Å². The number of thioether (sulfide) groups is 1. The third kappa shape index (κ3) is 3.77. The van der Waals surface area contributed by atoms with Crippen LogP contribution in [0.2, 0.25) is 0 Å². The van der Waals surface area contributed by atoms with Crippen molar-refractivity contribution in [1.29, 1.82) is 0 Å². The Morgan fingerprint density at radius 3 is 2.75 bits per heavy atom. The number of hydrogen-bond acceptors (Lipinski definition) is 3. The fraction of sp³-hybridized carbons (Fsp3) is 0.500. The first-order valence-electron chi connectivity index (χ1n) is 5.47. The van der Waals surface area contributed by atoms with Gasteiger partial charge < -0.3 is 9.47 Å². The second-order valence-electron chi connectivity index (χ2n) is 3.59. The molecule has 1 heterocycles. The van der Waals surface area contributed by atoms with E-state index in [9.17, 15) is 0 Å². The van der Waals surface area contributed by atoms with E-state index in [1.165, 1.54) is 4.90 Å². The molecule has 0 aliphatic carbocycles. The molecule has 0 bridgehead atoms. The molecule has 1 saturated heterocycles. The van der Waals surface area contributed by atoms with Gasteiger partial charge in [-0.15, -0.1) is 11.8 Å². The van der Waals surface area contributed by atoms with Crippen molar-refractivity contribution in [1.82, 2.24) is 0 Å². The van der Waals surface area contributed by atoms with Gasteiger partial charge in [0.05, 0.1) is 13.2 Å². The lowest BCUT2D eigenvalue weighted by molar-refractivity contribution is -0.178. The summed E-state index contributed by atoms with van der Waals surface area (Å²) in [7, 11) is 0. The number of rotatable bonds is 4. The van der Waals surface area contributed by atoms with Gasteiger partial charge in [0, 0.05) is 21.5 Å². The lowest BCUT2D eigenvalue weighted by Gasteiger charge is -2.22. The van der Waals surface area contributed by atoms with Crippen molar-refractivity contribution in [3.05, 3.63) is 28.7 Å². The van der Waals surface area contributed by atoms with Crippen LogP contribution in [0.15, 0.2) is 33.6 Å². The molecule has 0 amide bonds. The maximum absolute atomic E-state index is 5.50. The summed E-state index contributed by atoms with van der Waals surface area (Å²) >= 11 is 5.37. The molecule has 1 aliphatic rings. The van der Waals surface area contributed by atoms with Gasteiger partial charge >= 0.3 is 0 Å². The maximum Gasteiger partial charge on any atom is 0.158 e. The summed E-state index contributed by atoms with van der Waals surface area (Å²) in [5.41, 5.74) is 0. The van der Waals surface area contributed by atoms with E-state index in [1.54, 1.807) is 0 Å². The van der Waals surface area contributed by atoms with Gasteiger partial charge in [0.2, 0.25) is 0 Å².